The van der Waals surface area contributed by atoms with Crippen LogP contribution in [-0.2, 0) is 4.79 Å². The van der Waals surface area contributed by atoms with Gasteiger partial charge in [-0.25, -0.2) is 4.99 Å². The fourth-order valence-electron chi connectivity index (χ4n) is 2.56. The summed E-state index contributed by atoms with van der Waals surface area (Å²) in [6.07, 6.45) is 0.420. The summed E-state index contributed by atoms with van der Waals surface area (Å²) in [6.45, 7) is 1.45. The Labute approximate surface area is 150 Å². The minimum Gasteiger partial charge on any atom is -0.511 e. The van der Waals surface area contributed by atoms with Gasteiger partial charge in [-0.15, -0.1) is 0 Å². The lowest BCUT2D eigenvalue weighted by Gasteiger charge is -2.24. The summed E-state index contributed by atoms with van der Waals surface area (Å²) >= 11 is 7.40. The number of hydrogen-bond donors (Lipinski definition) is 1. The van der Waals surface area contributed by atoms with E-state index in [-0.39, 0.29) is 16.8 Å². The molecule has 5 heteroatoms. The Morgan fingerprint density at radius 2 is 1.83 bits per heavy atom. The molecule has 1 atom stereocenters. The zero-order chi connectivity index (χ0) is 17.1. The molecule has 0 saturated heterocycles. The Bertz CT molecular complexity index is 813. The van der Waals surface area contributed by atoms with Gasteiger partial charge in [-0.3, -0.25) is 4.79 Å². The van der Waals surface area contributed by atoms with Crippen molar-refractivity contribution in [3.8, 4) is 0 Å². The first-order valence-corrected chi connectivity index (χ1v) is 8.79. The van der Waals surface area contributed by atoms with Crippen LogP contribution in [0.3, 0.4) is 0 Å². The molecule has 1 aliphatic rings. The Morgan fingerprint density at radius 3 is 2.46 bits per heavy atom. The number of Topliss-reactive ketones (excluding diaryl/α,β-unsaturated/α-hetero) is 1. The number of carbonyl (C=O) groups is 1. The van der Waals surface area contributed by atoms with Gasteiger partial charge in [0.1, 0.15) is 10.8 Å². The number of thioether (sulfide) groups is 1. The highest BCUT2D eigenvalue weighted by molar-refractivity contribution is 8.14. The van der Waals surface area contributed by atoms with Crippen LogP contribution in [0.25, 0.3) is 0 Å². The third-order valence-corrected chi connectivity index (χ3v) is 5.21. The predicted octanol–water partition coefficient (Wildman–Crippen LogP) is 5.65. The van der Waals surface area contributed by atoms with E-state index in [1.54, 1.807) is 24.3 Å². The number of benzene rings is 2. The van der Waals surface area contributed by atoms with Crippen LogP contribution in [0.15, 0.2) is 70.9 Å². The molecule has 2 aromatic carbocycles. The van der Waals surface area contributed by atoms with Crippen molar-refractivity contribution in [2.24, 2.45) is 4.99 Å². The summed E-state index contributed by atoms with van der Waals surface area (Å²) in [4.78, 5) is 16.5. The summed E-state index contributed by atoms with van der Waals surface area (Å²) in [6, 6.07) is 17.0. The van der Waals surface area contributed by atoms with Gasteiger partial charge in [-0.05, 0) is 36.8 Å². The molecule has 0 unspecified atom stereocenters. The molecule has 0 aliphatic carbocycles. The number of allylic oxidation sites excluding steroid dienone is 1. The number of ketones is 1. The van der Waals surface area contributed by atoms with Crippen molar-refractivity contribution in [3.05, 3.63) is 76.5 Å². The summed E-state index contributed by atoms with van der Waals surface area (Å²) in [7, 11) is 0. The maximum absolute atomic E-state index is 12.0. The fraction of sp³-hybridized carbons (Fsp3) is 0.158. The summed E-state index contributed by atoms with van der Waals surface area (Å²) in [5, 5.41) is 11.6. The zero-order valence-corrected chi connectivity index (χ0v) is 14.6. The van der Waals surface area contributed by atoms with E-state index in [1.807, 2.05) is 30.3 Å². The normalized spacial score (nSPS) is 19.6. The molecule has 0 spiro atoms. The van der Waals surface area contributed by atoms with Crippen LogP contribution < -0.4 is 0 Å². The van der Waals surface area contributed by atoms with Crippen LogP contribution in [0.2, 0.25) is 5.02 Å². The van der Waals surface area contributed by atoms with Gasteiger partial charge in [0.05, 0.1) is 11.3 Å². The molecule has 3 nitrogen and oxygen atoms in total. The molecular formula is C19H16ClNO2S. The van der Waals surface area contributed by atoms with Crippen LogP contribution in [0.1, 0.15) is 24.2 Å². The minimum atomic E-state index is -0.181. The lowest BCUT2D eigenvalue weighted by molar-refractivity contribution is -0.113. The summed E-state index contributed by atoms with van der Waals surface area (Å²) in [5.41, 5.74) is 2.10. The van der Waals surface area contributed by atoms with Crippen LogP contribution >= 0.6 is 23.4 Å². The van der Waals surface area contributed by atoms with Gasteiger partial charge in [0, 0.05) is 16.7 Å². The van der Waals surface area contributed by atoms with Gasteiger partial charge in [-0.2, -0.15) is 0 Å². The quantitative estimate of drug-likeness (QED) is 0.772. The molecule has 1 aliphatic heterocycles. The number of aliphatic hydroxyl groups is 1. The maximum Gasteiger partial charge on any atom is 0.165 e. The molecular weight excluding hydrogens is 342 g/mol. The lowest BCUT2D eigenvalue weighted by atomic mass is 10.0. The van der Waals surface area contributed by atoms with Gasteiger partial charge in [-0.1, -0.05) is 53.7 Å². The average Bonchev–Trinajstić information content (AvgIpc) is 2.57. The second kappa shape index (κ2) is 7.24. The van der Waals surface area contributed by atoms with Crippen molar-refractivity contribution in [1.29, 1.82) is 0 Å². The van der Waals surface area contributed by atoms with E-state index >= 15 is 0 Å². The molecule has 24 heavy (non-hydrogen) atoms. The molecule has 2 aromatic rings. The minimum absolute atomic E-state index is 0.0281. The van der Waals surface area contributed by atoms with Gasteiger partial charge < -0.3 is 5.11 Å². The predicted molar refractivity (Wildman–Crippen MR) is 100 cm³/mol. The van der Waals surface area contributed by atoms with Gasteiger partial charge >= 0.3 is 0 Å². The molecule has 0 saturated carbocycles. The first-order valence-electron chi connectivity index (χ1n) is 7.54. The Hall–Kier alpha value is -2.04. The highest BCUT2D eigenvalue weighted by Crippen LogP contribution is 2.43. The van der Waals surface area contributed by atoms with E-state index in [9.17, 15) is 9.90 Å². The Kier molecular flexibility index (Phi) is 5.07. The van der Waals surface area contributed by atoms with Crippen molar-refractivity contribution in [2.75, 3.05) is 0 Å². The van der Waals surface area contributed by atoms with Crippen LogP contribution in [-0.4, -0.2) is 15.9 Å². The van der Waals surface area contributed by atoms with Crippen molar-refractivity contribution in [1.82, 2.24) is 0 Å². The highest BCUT2D eigenvalue weighted by atomic mass is 35.5. The Morgan fingerprint density at radius 1 is 1.17 bits per heavy atom. The van der Waals surface area contributed by atoms with Crippen LogP contribution in [0, 0.1) is 0 Å². The van der Waals surface area contributed by atoms with Crippen molar-refractivity contribution >= 4 is 39.9 Å². The number of rotatable bonds is 3. The smallest absolute Gasteiger partial charge is 0.165 e. The first-order chi connectivity index (χ1) is 11.5. The van der Waals surface area contributed by atoms with E-state index in [1.165, 1.54) is 18.7 Å². The number of nitrogens with zero attached hydrogens (tertiary/aromatic N) is 1. The van der Waals surface area contributed by atoms with Gasteiger partial charge in [0.15, 0.2) is 5.78 Å². The number of carbonyl (C=O) groups excluding carboxylic acids is 1. The van der Waals surface area contributed by atoms with Gasteiger partial charge in [0.2, 0.25) is 0 Å². The van der Waals surface area contributed by atoms with Crippen molar-refractivity contribution < 1.29 is 9.90 Å². The second-order valence-corrected chi connectivity index (χ2v) is 7.12. The van der Waals surface area contributed by atoms with Crippen LogP contribution in [0.4, 0.5) is 5.69 Å². The van der Waals surface area contributed by atoms with Gasteiger partial charge in [0.25, 0.3) is 0 Å². The third kappa shape index (κ3) is 3.71. The van der Waals surface area contributed by atoms with E-state index in [2.05, 4.69) is 4.99 Å². The monoisotopic (exact) mass is 357 g/mol. The van der Waals surface area contributed by atoms with E-state index in [0.717, 1.165) is 5.56 Å². The van der Waals surface area contributed by atoms with Crippen molar-refractivity contribution in [3.63, 3.8) is 0 Å². The zero-order valence-electron chi connectivity index (χ0n) is 13.1. The van der Waals surface area contributed by atoms with E-state index in [0.29, 0.717) is 27.7 Å². The molecule has 122 valence electrons. The SMILES string of the molecule is CC(=O)C1=C(O)C[C@@H](c2ccccc2)SC1=Nc1ccc(Cl)cc1. The second-order valence-electron chi connectivity index (χ2n) is 5.49. The molecule has 0 amide bonds. The largest absolute Gasteiger partial charge is 0.511 e. The van der Waals surface area contributed by atoms with E-state index in [4.69, 9.17) is 11.6 Å². The molecule has 0 bridgehead atoms. The van der Waals surface area contributed by atoms with E-state index < -0.39 is 0 Å². The topological polar surface area (TPSA) is 49.7 Å². The number of aliphatic imine (C=N–C) groups is 1. The third-order valence-electron chi connectivity index (χ3n) is 3.72. The fourth-order valence-corrected chi connectivity index (χ4v) is 4.03. The summed E-state index contributed by atoms with van der Waals surface area (Å²) in [5.74, 6) is -0.0814. The first kappa shape index (κ1) is 16.8. The standard InChI is InChI=1S/C19H16ClNO2S/c1-12(22)18-16(23)11-17(13-5-3-2-4-6-13)24-19(18)21-15-9-7-14(20)8-10-15/h2-10,17,23H,11H2,1H3/t17-/m0/s1. The number of hydrogen-bond acceptors (Lipinski definition) is 4. The molecule has 3 rings (SSSR count). The molecule has 0 radical (unpaired) electrons. The van der Waals surface area contributed by atoms with Crippen LogP contribution in [0.5, 0.6) is 0 Å². The molecule has 1 heterocycles. The molecule has 0 aromatic heterocycles. The van der Waals surface area contributed by atoms with Crippen molar-refractivity contribution in [2.45, 2.75) is 18.6 Å². The molecule has 0 fully saturated rings. The maximum atomic E-state index is 12.0. The average molecular weight is 358 g/mol. The Balaban J connectivity index is 2.01. The number of halogens is 1. The number of aliphatic hydroxyl groups excluding tert-OH is 1. The molecule has 1 N–H and O–H groups in total. The lowest BCUT2D eigenvalue weighted by Crippen LogP contribution is -2.18. The highest BCUT2D eigenvalue weighted by Gasteiger charge is 2.30. The summed E-state index contributed by atoms with van der Waals surface area (Å²) < 4.78 is 0.